The Morgan fingerprint density at radius 3 is 2.95 bits per heavy atom. The van der Waals surface area contributed by atoms with Crippen molar-refractivity contribution in [3.05, 3.63) is 35.5 Å². The molecule has 0 aliphatic carbocycles. The van der Waals surface area contributed by atoms with Crippen molar-refractivity contribution in [3.8, 4) is 17.0 Å². The van der Waals surface area contributed by atoms with Gasteiger partial charge < -0.3 is 10.1 Å². The summed E-state index contributed by atoms with van der Waals surface area (Å²) in [7, 11) is 1.83. The number of anilines is 1. The van der Waals surface area contributed by atoms with E-state index in [1.165, 1.54) is 5.56 Å². The zero-order chi connectivity index (χ0) is 13.2. The van der Waals surface area contributed by atoms with Crippen molar-refractivity contribution >= 4 is 5.95 Å². The fourth-order valence-electron chi connectivity index (χ4n) is 2.35. The Hall–Kier alpha value is -2.10. The molecule has 0 bridgehead atoms. The number of nitrogens with zero attached hydrogens (tertiary/aromatic N) is 2. The van der Waals surface area contributed by atoms with Crippen LogP contribution in [0.15, 0.2) is 24.3 Å². The summed E-state index contributed by atoms with van der Waals surface area (Å²) < 4.78 is 5.64. The van der Waals surface area contributed by atoms with E-state index in [1.807, 2.05) is 26.1 Å². The Morgan fingerprint density at radius 2 is 2.11 bits per heavy atom. The number of ether oxygens (including phenoxy) is 1. The van der Waals surface area contributed by atoms with E-state index in [1.54, 1.807) is 0 Å². The molecule has 1 aliphatic heterocycles. The van der Waals surface area contributed by atoms with Crippen LogP contribution in [0.2, 0.25) is 0 Å². The van der Waals surface area contributed by atoms with Gasteiger partial charge in [-0.3, -0.25) is 0 Å². The molecular weight excluding hydrogens is 238 g/mol. The molecule has 0 amide bonds. The van der Waals surface area contributed by atoms with Crippen LogP contribution in [0.4, 0.5) is 5.95 Å². The highest BCUT2D eigenvalue weighted by atomic mass is 16.5. The van der Waals surface area contributed by atoms with Crippen LogP contribution in [0.3, 0.4) is 0 Å². The van der Waals surface area contributed by atoms with Crippen LogP contribution < -0.4 is 10.1 Å². The summed E-state index contributed by atoms with van der Waals surface area (Å²) in [6.07, 6.45) is 2.16. The topological polar surface area (TPSA) is 47.0 Å². The fraction of sp³-hybridized carbons (Fsp3) is 0.333. The summed E-state index contributed by atoms with van der Waals surface area (Å²) in [5, 5.41) is 2.99. The van der Waals surface area contributed by atoms with E-state index in [4.69, 9.17) is 4.74 Å². The maximum Gasteiger partial charge on any atom is 0.223 e. The second-order valence-electron chi connectivity index (χ2n) is 4.74. The number of aromatic nitrogens is 2. The minimum absolute atomic E-state index is 0.656. The second kappa shape index (κ2) is 4.88. The van der Waals surface area contributed by atoms with E-state index in [9.17, 15) is 0 Å². The van der Waals surface area contributed by atoms with Crippen molar-refractivity contribution < 1.29 is 4.74 Å². The maximum atomic E-state index is 5.64. The lowest BCUT2D eigenvalue weighted by molar-refractivity contribution is 0.288. The lowest BCUT2D eigenvalue weighted by Gasteiger charge is -2.17. The number of aryl methyl sites for hydroxylation is 2. The zero-order valence-electron chi connectivity index (χ0n) is 11.2. The molecule has 2 heterocycles. The van der Waals surface area contributed by atoms with Crippen LogP contribution in [-0.2, 0) is 6.42 Å². The minimum atomic E-state index is 0.656. The Morgan fingerprint density at radius 1 is 1.21 bits per heavy atom. The molecule has 0 radical (unpaired) electrons. The summed E-state index contributed by atoms with van der Waals surface area (Å²) in [6.45, 7) is 2.80. The molecule has 1 aromatic heterocycles. The van der Waals surface area contributed by atoms with Gasteiger partial charge in [0.25, 0.3) is 0 Å². The molecule has 0 saturated carbocycles. The highest BCUT2D eigenvalue weighted by Gasteiger charge is 2.12. The molecule has 0 fully saturated rings. The van der Waals surface area contributed by atoms with Crippen molar-refractivity contribution in [3.63, 3.8) is 0 Å². The predicted molar refractivity (Wildman–Crippen MR) is 75.6 cm³/mol. The average Bonchev–Trinajstić information content (AvgIpc) is 2.46. The standard InChI is InChI=1S/C15H17N3O/c1-10-8-13(18-15(16-2)17-10)11-5-6-14-12(9-11)4-3-7-19-14/h5-6,8-9H,3-4,7H2,1-2H3,(H,16,17,18). The smallest absolute Gasteiger partial charge is 0.223 e. The molecule has 98 valence electrons. The first-order chi connectivity index (χ1) is 9.26. The van der Waals surface area contributed by atoms with Crippen LogP contribution in [0.25, 0.3) is 11.3 Å². The van der Waals surface area contributed by atoms with Gasteiger partial charge in [-0.05, 0) is 49.6 Å². The van der Waals surface area contributed by atoms with Gasteiger partial charge in [0.1, 0.15) is 5.75 Å². The predicted octanol–water partition coefficient (Wildman–Crippen LogP) is 2.82. The zero-order valence-corrected chi connectivity index (χ0v) is 11.2. The fourth-order valence-corrected chi connectivity index (χ4v) is 2.35. The van der Waals surface area contributed by atoms with E-state index >= 15 is 0 Å². The van der Waals surface area contributed by atoms with Crippen LogP contribution in [0, 0.1) is 6.92 Å². The summed E-state index contributed by atoms with van der Waals surface area (Å²) in [4.78, 5) is 8.83. The molecule has 4 heteroatoms. The van der Waals surface area contributed by atoms with Crippen LogP contribution in [-0.4, -0.2) is 23.6 Å². The molecular formula is C15H17N3O. The summed E-state index contributed by atoms with van der Waals surface area (Å²) in [5.74, 6) is 1.67. The maximum absolute atomic E-state index is 5.64. The highest BCUT2D eigenvalue weighted by molar-refractivity contribution is 5.63. The molecule has 0 atom stereocenters. The number of rotatable bonds is 2. The van der Waals surface area contributed by atoms with Crippen molar-refractivity contribution in [1.29, 1.82) is 0 Å². The average molecular weight is 255 g/mol. The molecule has 1 N–H and O–H groups in total. The molecule has 1 aliphatic rings. The first kappa shape index (κ1) is 12.0. The lowest BCUT2D eigenvalue weighted by atomic mass is 10.0. The third-order valence-corrected chi connectivity index (χ3v) is 3.28. The van der Waals surface area contributed by atoms with Crippen LogP contribution in [0.5, 0.6) is 5.75 Å². The monoisotopic (exact) mass is 255 g/mol. The molecule has 3 rings (SSSR count). The molecule has 0 unspecified atom stereocenters. The highest BCUT2D eigenvalue weighted by Crippen LogP contribution is 2.29. The van der Waals surface area contributed by atoms with Crippen molar-refractivity contribution in [2.45, 2.75) is 19.8 Å². The summed E-state index contributed by atoms with van der Waals surface area (Å²) >= 11 is 0. The Balaban J connectivity index is 2.04. The molecule has 0 spiro atoms. The van der Waals surface area contributed by atoms with Gasteiger partial charge in [0, 0.05) is 18.3 Å². The number of hydrogen-bond donors (Lipinski definition) is 1. The van der Waals surface area contributed by atoms with E-state index in [0.717, 1.165) is 42.1 Å². The van der Waals surface area contributed by atoms with Crippen LogP contribution in [0.1, 0.15) is 17.7 Å². The molecule has 2 aromatic rings. The molecule has 1 aromatic carbocycles. The van der Waals surface area contributed by atoms with Gasteiger partial charge in [-0.2, -0.15) is 0 Å². The third kappa shape index (κ3) is 2.38. The minimum Gasteiger partial charge on any atom is -0.493 e. The van der Waals surface area contributed by atoms with E-state index < -0.39 is 0 Å². The number of nitrogens with one attached hydrogen (secondary N) is 1. The van der Waals surface area contributed by atoms with Crippen molar-refractivity contribution in [1.82, 2.24) is 9.97 Å². The van der Waals surface area contributed by atoms with Crippen molar-refractivity contribution in [2.75, 3.05) is 19.0 Å². The van der Waals surface area contributed by atoms with Gasteiger partial charge in [0.05, 0.1) is 12.3 Å². The largest absolute Gasteiger partial charge is 0.493 e. The Kier molecular flexibility index (Phi) is 3.07. The molecule has 0 saturated heterocycles. The van der Waals surface area contributed by atoms with Gasteiger partial charge in [-0.25, -0.2) is 9.97 Å². The van der Waals surface area contributed by atoms with Gasteiger partial charge in [-0.15, -0.1) is 0 Å². The Labute approximate surface area is 112 Å². The summed E-state index contributed by atoms with van der Waals surface area (Å²) in [6, 6.07) is 8.29. The number of hydrogen-bond acceptors (Lipinski definition) is 4. The van der Waals surface area contributed by atoms with Crippen molar-refractivity contribution in [2.24, 2.45) is 0 Å². The first-order valence-electron chi connectivity index (χ1n) is 6.56. The molecule has 19 heavy (non-hydrogen) atoms. The quantitative estimate of drug-likeness (QED) is 0.896. The van der Waals surface area contributed by atoms with E-state index in [-0.39, 0.29) is 0 Å². The lowest BCUT2D eigenvalue weighted by Crippen LogP contribution is -2.08. The summed E-state index contributed by atoms with van der Waals surface area (Å²) in [5.41, 5.74) is 4.30. The number of benzene rings is 1. The first-order valence-corrected chi connectivity index (χ1v) is 6.56. The van der Waals surface area contributed by atoms with Gasteiger partial charge in [0.15, 0.2) is 0 Å². The van der Waals surface area contributed by atoms with Gasteiger partial charge >= 0.3 is 0 Å². The Bertz CT molecular complexity index is 610. The van der Waals surface area contributed by atoms with Gasteiger partial charge in [0.2, 0.25) is 5.95 Å². The van der Waals surface area contributed by atoms with E-state index in [2.05, 4.69) is 27.4 Å². The van der Waals surface area contributed by atoms with E-state index in [0.29, 0.717) is 5.95 Å². The van der Waals surface area contributed by atoms with Crippen LogP contribution >= 0.6 is 0 Å². The number of fused-ring (bicyclic) bond motifs is 1. The second-order valence-corrected chi connectivity index (χ2v) is 4.74. The molecule has 4 nitrogen and oxygen atoms in total. The normalized spacial score (nSPS) is 13.6. The third-order valence-electron chi connectivity index (χ3n) is 3.28. The van der Waals surface area contributed by atoms with Gasteiger partial charge in [-0.1, -0.05) is 0 Å². The SMILES string of the molecule is CNc1nc(C)cc(-c2ccc3c(c2)CCCO3)n1.